The van der Waals surface area contributed by atoms with Crippen LogP contribution in [-0.2, 0) is 0 Å². The Morgan fingerprint density at radius 1 is 1.06 bits per heavy atom. The zero-order valence-corrected chi connectivity index (χ0v) is 10.9. The number of nitrogen functional groups attached to an aromatic ring is 1. The number of halogens is 3. The summed E-state index contributed by atoms with van der Waals surface area (Å²) in [6.07, 6.45) is 0. The first-order chi connectivity index (χ1) is 8.04. The van der Waals surface area contributed by atoms with Crippen LogP contribution < -0.4 is 5.73 Å². The van der Waals surface area contributed by atoms with E-state index in [0.29, 0.717) is 20.6 Å². The lowest BCUT2D eigenvalue weighted by Crippen LogP contribution is -1.87. The van der Waals surface area contributed by atoms with E-state index in [4.69, 9.17) is 28.9 Å². The molecule has 0 aliphatic heterocycles. The van der Waals surface area contributed by atoms with Gasteiger partial charge in [-0.3, -0.25) is 0 Å². The molecule has 0 heterocycles. The molecule has 5 heteroatoms. The molecule has 2 aromatic rings. The van der Waals surface area contributed by atoms with E-state index in [1.165, 1.54) is 23.9 Å². The van der Waals surface area contributed by atoms with Crippen molar-refractivity contribution in [2.45, 2.75) is 9.79 Å². The minimum Gasteiger partial charge on any atom is -0.399 e. The predicted octanol–water partition coefficient (Wildman–Crippen LogP) is 4.87. The summed E-state index contributed by atoms with van der Waals surface area (Å²) in [5.74, 6) is -0.370. The molecule has 2 N–H and O–H groups in total. The maximum atomic E-state index is 13.2. The normalized spacial score (nSPS) is 10.5. The van der Waals surface area contributed by atoms with Crippen molar-refractivity contribution in [3.63, 3.8) is 0 Å². The number of benzene rings is 2. The van der Waals surface area contributed by atoms with Gasteiger partial charge in [-0.25, -0.2) is 4.39 Å². The van der Waals surface area contributed by atoms with Crippen LogP contribution in [0.1, 0.15) is 0 Å². The molecule has 0 fully saturated rings. The highest BCUT2D eigenvalue weighted by molar-refractivity contribution is 7.99. The highest BCUT2D eigenvalue weighted by Crippen LogP contribution is 2.35. The van der Waals surface area contributed by atoms with Crippen molar-refractivity contribution in [2.24, 2.45) is 0 Å². The van der Waals surface area contributed by atoms with Gasteiger partial charge >= 0.3 is 0 Å². The van der Waals surface area contributed by atoms with Crippen LogP contribution in [0.3, 0.4) is 0 Å². The highest BCUT2D eigenvalue weighted by Gasteiger charge is 2.05. The molecule has 0 saturated carbocycles. The topological polar surface area (TPSA) is 26.0 Å². The standard InChI is InChI=1S/C12H8Cl2FNS/c13-7-1-2-11(14)12(3-7)17-10-5-8(15)4-9(16)6-10/h1-6H,16H2. The first kappa shape index (κ1) is 12.6. The van der Waals surface area contributed by atoms with E-state index in [2.05, 4.69) is 0 Å². The summed E-state index contributed by atoms with van der Waals surface area (Å²) in [5.41, 5.74) is 5.95. The number of anilines is 1. The Bertz CT molecular complexity index is 540. The molecule has 0 spiro atoms. The molecule has 0 aromatic heterocycles. The molecule has 17 heavy (non-hydrogen) atoms. The van der Waals surface area contributed by atoms with Gasteiger partial charge in [-0.05, 0) is 36.4 Å². The van der Waals surface area contributed by atoms with Gasteiger partial charge in [-0.2, -0.15) is 0 Å². The highest BCUT2D eigenvalue weighted by atomic mass is 35.5. The van der Waals surface area contributed by atoms with E-state index in [1.54, 1.807) is 24.3 Å². The first-order valence-corrected chi connectivity index (χ1v) is 6.31. The molecular weight excluding hydrogens is 280 g/mol. The zero-order valence-electron chi connectivity index (χ0n) is 8.58. The predicted molar refractivity (Wildman–Crippen MR) is 71.4 cm³/mol. The maximum absolute atomic E-state index is 13.2. The van der Waals surface area contributed by atoms with Gasteiger partial charge in [-0.15, -0.1) is 0 Å². The maximum Gasteiger partial charge on any atom is 0.126 e. The molecule has 0 saturated heterocycles. The third-order valence-corrected chi connectivity index (χ3v) is 3.72. The summed E-state index contributed by atoms with van der Waals surface area (Å²) in [6, 6.07) is 9.49. The number of hydrogen-bond donors (Lipinski definition) is 1. The van der Waals surface area contributed by atoms with Crippen molar-refractivity contribution in [2.75, 3.05) is 5.73 Å². The number of nitrogens with two attached hydrogens (primary N) is 1. The van der Waals surface area contributed by atoms with Crippen LogP contribution >= 0.6 is 35.0 Å². The van der Waals surface area contributed by atoms with Gasteiger partial charge in [0.25, 0.3) is 0 Å². The van der Waals surface area contributed by atoms with Crippen molar-refractivity contribution in [3.8, 4) is 0 Å². The molecule has 0 aliphatic carbocycles. The molecule has 0 amide bonds. The summed E-state index contributed by atoms with van der Waals surface area (Å²) >= 11 is 13.2. The molecular formula is C12H8Cl2FNS. The lowest BCUT2D eigenvalue weighted by atomic mass is 10.3. The molecule has 0 radical (unpaired) electrons. The minimum absolute atomic E-state index is 0.370. The van der Waals surface area contributed by atoms with Gasteiger partial charge in [0, 0.05) is 20.5 Å². The monoisotopic (exact) mass is 287 g/mol. The van der Waals surface area contributed by atoms with Crippen molar-refractivity contribution in [3.05, 3.63) is 52.3 Å². The van der Waals surface area contributed by atoms with E-state index in [9.17, 15) is 4.39 Å². The van der Waals surface area contributed by atoms with Gasteiger partial charge < -0.3 is 5.73 Å². The number of hydrogen-bond acceptors (Lipinski definition) is 2. The summed E-state index contributed by atoms with van der Waals surface area (Å²) in [4.78, 5) is 1.45. The molecule has 2 rings (SSSR count). The SMILES string of the molecule is Nc1cc(F)cc(Sc2cc(Cl)ccc2Cl)c1. The Balaban J connectivity index is 2.34. The van der Waals surface area contributed by atoms with Crippen molar-refractivity contribution < 1.29 is 4.39 Å². The smallest absolute Gasteiger partial charge is 0.126 e. The fourth-order valence-electron chi connectivity index (χ4n) is 1.33. The van der Waals surface area contributed by atoms with Crippen molar-refractivity contribution in [1.29, 1.82) is 0 Å². The lowest BCUT2D eigenvalue weighted by Gasteiger charge is -2.05. The molecule has 0 aliphatic rings. The molecule has 0 atom stereocenters. The Morgan fingerprint density at radius 2 is 1.82 bits per heavy atom. The van der Waals surface area contributed by atoms with Crippen LogP contribution in [0.25, 0.3) is 0 Å². The van der Waals surface area contributed by atoms with E-state index in [1.807, 2.05) is 0 Å². The van der Waals surface area contributed by atoms with Gasteiger partial charge in [0.2, 0.25) is 0 Å². The van der Waals surface area contributed by atoms with Crippen LogP contribution in [0.2, 0.25) is 10.0 Å². The van der Waals surface area contributed by atoms with Gasteiger partial charge in [-0.1, -0.05) is 35.0 Å². The van der Waals surface area contributed by atoms with E-state index < -0.39 is 0 Å². The molecule has 0 unspecified atom stereocenters. The summed E-state index contributed by atoms with van der Waals surface area (Å²) in [6.45, 7) is 0. The Kier molecular flexibility index (Phi) is 3.82. The Morgan fingerprint density at radius 3 is 2.53 bits per heavy atom. The van der Waals surface area contributed by atoms with E-state index in [0.717, 1.165) is 4.90 Å². The minimum atomic E-state index is -0.370. The van der Waals surface area contributed by atoms with Gasteiger partial charge in [0.05, 0.1) is 5.02 Å². The van der Waals surface area contributed by atoms with Crippen LogP contribution in [0.5, 0.6) is 0 Å². The van der Waals surface area contributed by atoms with Crippen LogP contribution in [0, 0.1) is 5.82 Å². The van der Waals surface area contributed by atoms with Gasteiger partial charge in [0.1, 0.15) is 5.82 Å². The quantitative estimate of drug-likeness (QED) is 0.798. The number of rotatable bonds is 2. The second-order valence-corrected chi connectivity index (χ2v) is 5.36. The second-order valence-electron chi connectivity index (χ2n) is 3.40. The summed E-state index contributed by atoms with van der Waals surface area (Å²) in [7, 11) is 0. The summed E-state index contributed by atoms with van der Waals surface area (Å²) in [5, 5.41) is 1.16. The first-order valence-electron chi connectivity index (χ1n) is 4.73. The van der Waals surface area contributed by atoms with Crippen LogP contribution in [0.4, 0.5) is 10.1 Å². The van der Waals surface area contributed by atoms with Crippen molar-refractivity contribution >= 4 is 40.7 Å². The lowest BCUT2D eigenvalue weighted by molar-refractivity contribution is 0.625. The van der Waals surface area contributed by atoms with Crippen LogP contribution in [0.15, 0.2) is 46.2 Å². The average Bonchev–Trinajstić information content (AvgIpc) is 2.22. The van der Waals surface area contributed by atoms with E-state index in [-0.39, 0.29) is 5.82 Å². The molecule has 1 nitrogen and oxygen atoms in total. The Labute approximate surface area is 113 Å². The third-order valence-electron chi connectivity index (χ3n) is 2.01. The molecule has 88 valence electrons. The summed E-state index contributed by atoms with van der Waals surface area (Å²) < 4.78 is 13.2. The van der Waals surface area contributed by atoms with E-state index >= 15 is 0 Å². The molecule has 0 bridgehead atoms. The average molecular weight is 288 g/mol. The van der Waals surface area contributed by atoms with Crippen molar-refractivity contribution in [1.82, 2.24) is 0 Å². The van der Waals surface area contributed by atoms with Gasteiger partial charge in [0.15, 0.2) is 0 Å². The van der Waals surface area contributed by atoms with Crippen LogP contribution in [-0.4, -0.2) is 0 Å². The third kappa shape index (κ3) is 3.28. The fraction of sp³-hybridized carbons (Fsp3) is 0. The zero-order chi connectivity index (χ0) is 12.4. The second kappa shape index (κ2) is 5.17. The fourth-order valence-corrected chi connectivity index (χ4v) is 2.77. The Hall–Kier alpha value is -0.900. The largest absolute Gasteiger partial charge is 0.399 e. The molecule has 2 aromatic carbocycles.